The van der Waals surface area contributed by atoms with Crippen LogP contribution in [0.3, 0.4) is 0 Å². The molecule has 0 unspecified atom stereocenters. The molecule has 0 spiro atoms. The Morgan fingerprint density at radius 1 is 0.342 bits per heavy atom. The summed E-state index contributed by atoms with van der Waals surface area (Å²) in [7, 11) is 0. The van der Waals surface area contributed by atoms with Gasteiger partial charge in [0.15, 0.2) is 0 Å². The molecule has 3 nitrogen and oxygen atoms in total. The van der Waals surface area contributed by atoms with Gasteiger partial charge >= 0.3 is 0 Å². The minimum atomic E-state index is -0.0280. The maximum Gasteiger partial charge on any atom is 0.252 e. The standard InChI is InChI=1S/C72H76BN3/c1-13-69(5,6)53-30-38-59(39-31-53)75-64-42-34-55(71(9,10)15-3)45-62(64)73-63-46-56(72(11,12)16-4)35-43-65(63)76(60-40-32-54(33-41-60)70(7,8)14-2)67-48-61(47-66(75)68(67)73)74(57-24-18-17-19-25-57)58-36-28-50(29-37-58)52-27-26-49-22-20-21-23-51(49)44-52/h17-48H,13-16H2,1-12H3. The molecular weight excluding hydrogens is 918 g/mol. The van der Waals surface area contributed by atoms with Gasteiger partial charge in [-0.2, -0.15) is 0 Å². The molecule has 2 aliphatic heterocycles. The number of anilines is 9. The highest BCUT2D eigenvalue weighted by atomic mass is 15.2. The van der Waals surface area contributed by atoms with Crippen molar-refractivity contribution >= 4 is 85.1 Å². The van der Waals surface area contributed by atoms with E-state index in [-0.39, 0.29) is 28.4 Å². The molecule has 0 bridgehead atoms. The van der Waals surface area contributed by atoms with E-state index in [0.717, 1.165) is 54.1 Å². The third-order valence-corrected chi connectivity index (χ3v) is 18.4. The van der Waals surface area contributed by atoms with Crippen LogP contribution in [0, 0.1) is 0 Å². The molecule has 0 radical (unpaired) electrons. The average molecular weight is 994 g/mol. The molecule has 4 heteroatoms. The highest BCUT2D eigenvalue weighted by Gasteiger charge is 2.45. The fourth-order valence-electron chi connectivity index (χ4n) is 11.7. The van der Waals surface area contributed by atoms with Crippen LogP contribution in [-0.2, 0) is 21.7 Å². The van der Waals surface area contributed by atoms with Crippen LogP contribution >= 0.6 is 0 Å². The summed E-state index contributed by atoms with van der Waals surface area (Å²) in [4.78, 5) is 7.67. The van der Waals surface area contributed by atoms with E-state index in [9.17, 15) is 0 Å². The first-order valence-corrected chi connectivity index (χ1v) is 28.2. The third kappa shape index (κ3) is 8.82. The van der Waals surface area contributed by atoms with Crippen LogP contribution in [0.4, 0.5) is 51.2 Å². The summed E-state index contributed by atoms with van der Waals surface area (Å²) in [5.41, 5.74) is 22.5. The second kappa shape index (κ2) is 19.4. The first kappa shape index (κ1) is 50.8. The molecule has 382 valence electrons. The van der Waals surface area contributed by atoms with Gasteiger partial charge in [0.2, 0.25) is 0 Å². The molecule has 11 rings (SSSR count). The lowest BCUT2D eigenvalue weighted by atomic mass is 9.33. The Bertz CT molecular complexity index is 3430. The molecule has 0 aliphatic carbocycles. The SMILES string of the molecule is CCC(C)(C)c1ccc(N2c3ccc(C(C)(C)CC)cc3B3c4cc(C(C)(C)CC)ccc4N(c4ccc(C(C)(C)CC)cc4)c4cc(N(c5ccccc5)c5ccc(-c6ccc7ccccc7c6)cc5)cc2c43)cc1. The van der Waals surface area contributed by atoms with Gasteiger partial charge in [-0.15, -0.1) is 0 Å². The number of hydrogen-bond acceptors (Lipinski definition) is 3. The Morgan fingerprint density at radius 2 is 0.750 bits per heavy atom. The average Bonchev–Trinajstić information content (AvgIpc) is 3.53. The van der Waals surface area contributed by atoms with E-state index >= 15 is 0 Å². The van der Waals surface area contributed by atoms with Crippen molar-refractivity contribution in [1.82, 2.24) is 0 Å². The van der Waals surface area contributed by atoms with Crippen LogP contribution < -0.4 is 31.1 Å². The van der Waals surface area contributed by atoms with E-state index in [1.807, 2.05) is 0 Å². The highest BCUT2D eigenvalue weighted by Crippen LogP contribution is 2.50. The number of rotatable bonds is 14. The maximum absolute atomic E-state index is 2.60. The quantitative estimate of drug-likeness (QED) is 0.101. The fraction of sp³-hybridized carbons (Fsp3) is 0.278. The summed E-state index contributed by atoms with van der Waals surface area (Å²) >= 11 is 0. The summed E-state index contributed by atoms with van der Waals surface area (Å²) in [5.74, 6) is 0. The van der Waals surface area contributed by atoms with E-state index in [0.29, 0.717) is 0 Å². The second-order valence-electron chi connectivity index (χ2n) is 24.4. The molecule has 0 atom stereocenters. The lowest BCUT2D eigenvalue weighted by molar-refractivity contribution is 0.506. The lowest BCUT2D eigenvalue weighted by Crippen LogP contribution is -2.61. The number of hydrogen-bond donors (Lipinski definition) is 0. The van der Waals surface area contributed by atoms with Gasteiger partial charge in [-0.05, 0) is 187 Å². The smallest absolute Gasteiger partial charge is 0.252 e. The predicted molar refractivity (Wildman–Crippen MR) is 331 cm³/mol. The number of nitrogens with zero attached hydrogens (tertiary/aromatic N) is 3. The van der Waals surface area contributed by atoms with E-state index < -0.39 is 0 Å². The summed E-state index contributed by atoms with van der Waals surface area (Å²) < 4.78 is 0. The Labute approximate surface area is 455 Å². The molecule has 0 saturated carbocycles. The molecular formula is C72H76BN3. The largest absolute Gasteiger partial charge is 0.311 e. The van der Waals surface area contributed by atoms with Crippen molar-refractivity contribution < 1.29 is 0 Å². The Kier molecular flexibility index (Phi) is 13.0. The van der Waals surface area contributed by atoms with Crippen LogP contribution in [0.25, 0.3) is 21.9 Å². The first-order chi connectivity index (χ1) is 36.5. The van der Waals surface area contributed by atoms with Crippen LogP contribution in [-0.4, -0.2) is 6.71 Å². The monoisotopic (exact) mass is 994 g/mol. The number of para-hydroxylation sites is 1. The minimum Gasteiger partial charge on any atom is -0.311 e. The summed E-state index contributed by atoms with van der Waals surface area (Å²) in [5, 5.41) is 2.50. The maximum atomic E-state index is 2.60. The Balaban J connectivity index is 1.22. The molecule has 2 heterocycles. The number of benzene rings is 9. The molecule has 0 saturated heterocycles. The highest BCUT2D eigenvalue weighted by molar-refractivity contribution is 7.00. The van der Waals surface area contributed by atoms with Crippen molar-refractivity contribution in [3.05, 3.63) is 216 Å². The molecule has 0 amide bonds. The van der Waals surface area contributed by atoms with Crippen LogP contribution in [0.15, 0.2) is 194 Å². The molecule has 2 aliphatic rings. The Hall–Kier alpha value is -7.30. The predicted octanol–water partition coefficient (Wildman–Crippen LogP) is 18.8. The minimum absolute atomic E-state index is 0.0101. The molecule has 9 aromatic carbocycles. The van der Waals surface area contributed by atoms with Gasteiger partial charge in [0.05, 0.1) is 5.69 Å². The van der Waals surface area contributed by atoms with Crippen LogP contribution in [0.2, 0.25) is 0 Å². The van der Waals surface area contributed by atoms with E-state index in [1.165, 1.54) is 83.3 Å². The first-order valence-electron chi connectivity index (χ1n) is 28.2. The van der Waals surface area contributed by atoms with Gasteiger partial charge in [-0.25, -0.2) is 0 Å². The molecule has 0 fully saturated rings. The second-order valence-corrected chi connectivity index (χ2v) is 24.4. The topological polar surface area (TPSA) is 9.72 Å². The van der Waals surface area contributed by atoms with Crippen molar-refractivity contribution in [2.75, 3.05) is 14.7 Å². The molecule has 76 heavy (non-hydrogen) atoms. The van der Waals surface area contributed by atoms with E-state index in [2.05, 4.69) is 292 Å². The van der Waals surface area contributed by atoms with Gasteiger partial charge in [0.1, 0.15) is 0 Å². The molecule has 9 aromatic rings. The van der Waals surface area contributed by atoms with Crippen molar-refractivity contribution in [2.45, 2.75) is 130 Å². The molecule has 0 aromatic heterocycles. The zero-order valence-corrected chi connectivity index (χ0v) is 47.2. The number of fused-ring (bicyclic) bond motifs is 5. The summed E-state index contributed by atoms with van der Waals surface area (Å²) in [6, 6.07) is 74.5. The van der Waals surface area contributed by atoms with Crippen molar-refractivity contribution in [3.8, 4) is 11.1 Å². The van der Waals surface area contributed by atoms with Gasteiger partial charge < -0.3 is 14.7 Å². The van der Waals surface area contributed by atoms with Gasteiger partial charge in [0.25, 0.3) is 6.71 Å². The zero-order chi connectivity index (χ0) is 53.3. The van der Waals surface area contributed by atoms with Crippen LogP contribution in [0.1, 0.15) is 131 Å². The fourth-order valence-corrected chi connectivity index (χ4v) is 11.7. The summed E-state index contributed by atoms with van der Waals surface area (Å²) in [6.45, 7) is 28.3. The zero-order valence-electron chi connectivity index (χ0n) is 47.2. The van der Waals surface area contributed by atoms with Gasteiger partial charge in [-0.1, -0.05) is 198 Å². The van der Waals surface area contributed by atoms with Crippen molar-refractivity contribution in [2.24, 2.45) is 0 Å². The van der Waals surface area contributed by atoms with Crippen LogP contribution in [0.5, 0.6) is 0 Å². The normalized spacial score (nSPS) is 13.4. The molecule has 0 N–H and O–H groups in total. The lowest BCUT2D eigenvalue weighted by Gasteiger charge is -2.46. The summed E-state index contributed by atoms with van der Waals surface area (Å²) in [6.07, 6.45) is 4.21. The van der Waals surface area contributed by atoms with Gasteiger partial charge in [0, 0.05) is 45.5 Å². The van der Waals surface area contributed by atoms with Gasteiger partial charge in [-0.3, -0.25) is 0 Å². The van der Waals surface area contributed by atoms with Crippen molar-refractivity contribution in [3.63, 3.8) is 0 Å². The third-order valence-electron chi connectivity index (χ3n) is 18.4. The Morgan fingerprint density at radius 3 is 1.22 bits per heavy atom. The van der Waals surface area contributed by atoms with E-state index in [1.54, 1.807) is 0 Å². The van der Waals surface area contributed by atoms with Crippen molar-refractivity contribution in [1.29, 1.82) is 0 Å². The van der Waals surface area contributed by atoms with E-state index in [4.69, 9.17) is 0 Å².